The standard InChI is InChI=1S/C27H20BrFN2O6/c1-36-23-14-16(13-22(28)20(23)11-15-4-3-5-18(29)10-15)12-21-24(32)30-27(35)31(25(21)33)19-8-6-17(7-9-19)26(34)37-2/h3-10,12-14H,11H2,1-2H3,(H,30,32,35)/b21-12+. The Kier molecular flexibility index (Phi) is 7.49. The summed E-state index contributed by atoms with van der Waals surface area (Å²) in [6.07, 6.45) is 1.72. The first-order valence-corrected chi connectivity index (χ1v) is 11.7. The van der Waals surface area contributed by atoms with Crippen molar-refractivity contribution in [3.63, 3.8) is 0 Å². The van der Waals surface area contributed by atoms with E-state index in [-0.39, 0.29) is 22.6 Å². The van der Waals surface area contributed by atoms with Gasteiger partial charge >= 0.3 is 12.0 Å². The number of ether oxygens (including phenoxy) is 2. The average molecular weight is 567 g/mol. The summed E-state index contributed by atoms with van der Waals surface area (Å²) in [7, 11) is 2.71. The van der Waals surface area contributed by atoms with Crippen molar-refractivity contribution in [1.29, 1.82) is 0 Å². The van der Waals surface area contributed by atoms with Gasteiger partial charge in [-0.15, -0.1) is 0 Å². The Hall–Kier alpha value is -4.31. The van der Waals surface area contributed by atoms with E-state index in [2.05, 4.69) is 26.0 Å². The first-order valence-electron chi connectivity index (χ1n) is 10.9. The van der Waals surface area contributed by atoms with Crippen LogP contribution in [0.2, 0.25) is 0 Å². The van der Waals surface area contributed by atoms with E-state index < -0.39 is 23.8 Å². The lowest BCUT2D eigenvalue weighted by Crippen LogP contribution is -2.54. The van der Waals surface area contributed by atoms with Crippen LogP contribution in [0.5, 0.6) is 5.75 Å². The van der Waals surface area contributed by atoms with Gasteiger partial charge in [-0.3, -0.25) is 14.9 Å². The number of carbonyl (C=O) groups is 4. The van der Waals surface area contributed by atoms with Crippen molar-refractivity contribution in [3.05, 3.63) is 98.8 Å². The maximum Gasteiger partial charge on any atom is 0.337 e. The Labute approximate surface area is 219 Å². The molecule has 8 nitrogen and oxygen atoms in total. The number of methoxy groups -OCH3 is 2. The number of benzene rings is 3. The van der Waals surface area contributed by atoms with E-state index in [9.17, 15) is 23.6 Å². The number of rotatable bonds is 6. The van der Waals surface area contributed by atoms with Crippen molar-refractivity contribution in [2.45, 2.75) is 6.42 Å². The topological polar surface area (TPSA) is 102 Å². The highest BCUT2D eigenvalue weighted by Gasteiger charge is 2.37. The lowest BCUT2D eigenvalue weighted by Gasteiger charge is -2.26. The zero-order valence-corrected chi connectivity index (χ0v) is 21.3. The van der Waals surface area contributed by atoms with Crippen molar-refractivity contribution >= 4 is 51.5 Å². The fourth-order valence-corrected chi connectivity index (χ4v) is 4.44. The summed E-state index contributed by atoms with van der Waals surface area (Å²) in [5.74, 6) is -2.15. The molecule has 0 bridgehead atoms. The van der Waals surface area contributed by atoms with Gasteiger partial charge in [-0.05, 0) is 65.7 Å². The van der Waals surface area contributed by atoms with E-state index in [1.54, 1.807) is 24.3 Å². The van der Waals surface area contributed by atoms with Gasteiger partial charge in [-0.2, -0.15) is 0 Å². The number of carbonyl (C=O) groups excluding carboxylic acids is 4. The highest BCUT2D eigenvalue weighted by atomic mass is 79.9. The first kappa shape index (κ1) is 25.8. The number of nitrogens with zero attached hydrogens (tertiary/aromatic N) is 1. The summed E-state index contributed by atoms with van der Waals surface area (Å²) in [5, 5.41) is 2.16. The second-order valence-corrected chi connectivity index (χ2v) is 8.84. The number of esters is 1. The predicted molar refractivity (Wildman–Crippen MR) is 137 cm³/mol. The van der Waals surface area contributed by atoms with Crippen LogP contribution in [0.25, 0.3) is 6.08 Å². The molecular weight excluding hydrogens is 547 g/mol. The Morgan fingerprint density at radius 2 is 1.78 bits per heavy atom. The lowest BCUT2D eigenvalue weighted by molar-refractivity contribution is -0.122. The number of nitrogens with one attached hydrogen (secondary N) is 1. The van der Waals surface area contributed by atoms with Crippen LogP contribution >= 0.6 is 15.9 Å². The molecule has 10 heteroatoms. The van der Waals surface area contributed by atoms with Gasteiger partial charge in [0.25, 0.3) is 11.8 Å². The summed E-state index contributed by atoms with van der Waals surface area (Å²) in [6, 6.07) is 14.2. The van der Waals surface area contributed by atoms with Gasteiger partial charge in [0.05, 0.1) is 25.5 Å². The monoisotopic (exact) mass is 566 g/mol. The number of halogens is 2. The van der Waals surface area contributed by atoms with Gasteiger partial charge in [0, 0.05) is 16.5 Å². The molecule has 1 aliphatic rings. The van der Waals surface area contributed by atoms with Crippen LogP contribution in [0, 0.1) is 5.82 Å². The summed E-state index contributed by atoms with van der Waals surface area (Å²) < 4.78 is 24.4. The Morgan fingerprint density at radius 3 is 2.43 bits per heavy atom. The molecule has 0 saturated carbocycles. The molecule has 1 saturated heterocycles. The van der Waals surface area contributed by atoms with Crippen LogP contribution < -0.4 is 15.0 Å². The number of anilines is 1. The molecule has 1 N–H and O–H groups in total. The summed E-state index contributed by atoms with van der Waals surface area (Å²) >= 11 is 3.50. The smallest absolute Gasteiger partial charge is 0.337 e. The van der Waals surface area contributed by atoms with Crippen LogP contribution in [0.15, 0.2) is 70.7 Å². The lowest BCUT2D eigenvalue weighted by atomic mass is 10.0. The molecule has 3 aromatic rings. The van der Waals surface area contributed by atoms with Crippen LogP contribution in [0.3, 0.4) is 0 Å². The SMILES string of the molecule is COC(=O)c1ccc(N2C(=O)NC(=O)/C(=C\c3cc(Br)c(Cc4cccc(F)c4)c(OC)c3)C2=O)cc1. The molecule has 3 aromatic carbocycles. The molecule has 4 rings (SSSR count). The minimum absolute atomic E-state index is 0.165. The molecule has 0 atom stereocenters. The Bertz CT molecular complexity index is 1450. The fraction of sp³-hybridized carbons (Fsp3) is 0.111. The van der Waals surface area contributed by atoms with Crippen molar-refractivity contribution in [2.24, 2.45) is 0 Å². The van der Waals surface area contributed by atoms with Gasteiger partial charge < -0.3 is 9.47 Å². The molecule has 0 spiro atoms. The Balaban J connectivity index is 1.67. The third-order valence-electron chi connectivity index (χ3n) is 5.63. The largest absolute Gasteiger partial charge is 0.496 e. The number of amides is 4. The highest BCUT2D eigenvalue weighted by Crippen LogP contribution is 2.33. The third-order valence-corrected chi connectivity index (χ3v) is 6.33. The van der Waals surface area contributed by atoms with Crippen LogP contribution in [-0.2, 0) is 20.7 Å². The van der Waals surface area contributed by atoms with E-state index >= 15 is 0 Å². The predicted octanol–water partition coefficient (Wildman–Crippen LogP) is 4.64. The second-order valence-electron chi connectivity index (χ2n) is 7.99. The van der Waals surface area contributed by atoms with Crippen molar-refractivity contribution in [3.8, 4) is 5.75 Å². The second kappa shape index (κ2) is 10.8. The number of imide groups is 2. The first-order chi connectivity index (χ1) is 17.7. The third kappa shape index (κ3) is 5.44. The van der Waals surface area contributed by atoms with E-state index in [1.165, 1.54) is 56.7 Å². The number of hydrogen-bond acceptors (Lipinski definition) is 6. The number of hydrogen-bond donors (Lipinski definition) is 1. The molecule has 37 heavy (non-hydrogen) atoms. The normalized spacial score (nSPS) is 14.5. The van der Waals surface area contributed by atoms with E-state index in [0.717, 1.165) is 16.0 Å². The van der Waals surface area contributed by atoms with Gasteiger partial charge in [-0.1, -0.05) is 28.1 Å². The molecule has 1 aliphatic heterocycles. The average Bonchev–Trinajstić information content (AvgIpc) is 2.87. The minimum Gasteiger partial charge on any atom is -0.496 e. The molecule has 0 aliphatic carbocycles. The maximum absolute atomic E-state index is 13.6. The van der Waals surface area contributed by atoms with Crippen molar-refractivity contribution in [2.75, 3.05) is 19.1 Å². The molecule has 0 unspecified atom stereocenters. The maximum atomic E-state index is 13.6. The number of barbiturate groups is 1. The fourth-order valence-electron chi connectivity index (χ4n) is 3.84. The zero-order valence-electron chi connectivity index (χ0n) is 19.7. The molecular formula is C27H20BrFN2O6. The van der Waals surface area contributed by atoms with Crippen LogP contribution in [0.4, 0.5) is 14.9 Å². The summed E-state index contributed by atoms with van der Waals surface area (Å²) in [4.78, 5) is 50.8. The molecule has 188 valence electrons. The van der Waals surface area contributed by atoms with E-state index in [0.29, 0.717) is 22.2 Å². The van der Waals surface area contributed by atoms with Crippen LogP contribution in [-0.4, -0.2) is 38.0 Å². The Morgan fingerprint density at radius 1 is 1.05 bits per heavy atom. The summed E-state index contributed by atoms with van der Waals surface area (Å²) in [6.45, 7) is 0. The molecule has 4 amide bonds. The van der Waals surface area contributed by atoms with Crippen molar-refractivity contribution < 1.29 is 33.0 Å². The zero-order chi connectivity index (χ0) is 26.7. The summed E-state index contributed by atoms with van der Waals surface area (Å²) in [5.41, 5.74) is 2.07. The molecule has 1 fully saturated rings. The number of urea groups is 1. The van der Waals surface area contributed by atoms with Crippen LogP contribution in [0.1, 0.15) is 27.0 Å². The quantitative estimate of drug-likeness (QED) is 0.265. The molecule has 0 aromatic heterocycles. The van der Waals surface area contributed by atoms with Gasteiger partial charge in [0.1, 0.15) is 17.1 Å². The minimum atomic E-state index is -0.915. The molecule has 1 heterocycles. The van der Waals surface area contributed by atoms with E-state index in [4.69, 9.17) is 4.74 Å². The van der Waals surface area contributed by atoms with Crippen molar-refractivity contribution in [1.82, 2.24) is 5.32 Å². The molecule has 0 radical (unpaired) electrons. The van der Waals surface area contributed by atoms with E-state index in [1.807, 2.05) is 0 Å². The van der Waals surface area contributed by atoms with Gasteiger partial charge in [0.2, 0.25) is 0 Å². The van der Waals surface area contributed by atoms with Gasteiger partial charge in [-0.25, -0.2) is 18.9 Å². The van der Waals surface area contributed by atoms with Gasteiger partial charge in [0.15, 0.2) is 0 Å². The highest BCUT2D eigenvalue weighted by molar-refractivity contribution is 9.10.